The van der Waals surface area contributed by atoms with E-state index in [0.717, 1.165) is 17.3 Å². The number of nitrogens with one attached hydrogen (secondary N) is 2. The summed E-state index contributed by atoms with van der Waals surface area (Å²) < 4.78 is 54.2. The van der Waals surface area contributed by atoms with Crippen LogP contribution in [0.1, 0.15) is 12.8 Å². The third-order valence-corrected chi connectivity index (χ3v) is 5.24. The molecule has 0 saturated heterocycles. The predicted octanol–water partition coefficient (Wildman–Crippen LogP) is 4.17. The fourth-order valence-corrected chi connectivity index (χ4v) is 3.30. The van der Waals surface area contributed by atoms with Crippen molar-refractivity contribution in [1.82, 2.24) is 24.3 Å². The van der Waals surface area contributed by atoms with Gasteiger partial charge in [-0.1, -0.05) is 0 Å². The number of H-pyrrole nitrogens is 1. The summed E-state index contributed by atoms with van der Waals surface area (Å²) in [6.45, 7) is -0.244. The van der Waals surface area contributed by atoms with Crippen LogP contribution in [0.2, 0.25) is 0 Å². The molecular weight excluding hydrogens is 376 g/mol. The minimum absolute atomic E-state index is 0.117. The zero-order chi connectivity index (χ0) is 19.5. The van der Waals surface area contributed by atoms with Gasteiger partial charge in [0.2, 0.25) is 11.9 Å². The maximum absolute atomic E-state index is 13.8. The number of halogens is 4. The van der Waals surface area contributed by atoms with Crippen molar-refractivity contribution in [1.29, 1.82) is 0 Å². The van der Waals surface area contributed by atoms with Crippen LogP contribution < -0.4 is 5.32 Å². The van der Waals surface area contributed by atoms with Crippen LogP contribution >= 0.6 is 0 Å². The number of nitrogens with zero attached hydrogens (tertiary/aromatic N) is 4. The van der Waals surface area contributed by atoms with Crippen LogP contribution in [0.5, 0.6) is 0 Å². The van der Waals surface area contributed by atoms with Gasteiger partial charge in [0.05, 0.1) is 11.6 Å². The molecule has 4 aromatic rings. The number of aromatic nitrogens is 5. The zero-order valence-electron chi connectivity index (χ0n) is 14.4. The standard InChI is InChI=1S/C18H14F4N6/c19-13-7-23-14-2-1-10(8-28(13)14)11-5-24-15-12(11)6-25-16(27-15)26-9-17(3-4-17)18(20,21)22/h1-2,5-8H,3-4,9H2,(H2,24,25,26,27). The lowest BCUT2D eigenvalue weighted by molar-refractivity contribution is -0.182. The predicted molar refractivity (Wildman–Crippen MR) is 94.2 cm³/mol. The van der Waals surface area contributed by atoms with Gasteiger partial charge in [0.15, 0.2) is 0 Å². The quantitative estimate of drug-likeness (QED) is 0.513. The van der Waals surface area contributed by atoms with Crippen LogP contribution in [0.3, 0.4) is 0 Å². The highest BCUT2D eigenvalue weighted by molar-refractivity contribution is 5.93. The summed E-state index contributed by atoms with van der Waals surface area (Å²) in [7, 11) is 0. The first kappa shape index (κ1) is 17.0. The van der Waals surface area contributed by atoms with Crippen molar-refractivity contribution in [3.63, 3.8) is 0 Å². The highest BCUT2D eigenvalue weighted by Gasteiger charge is 2.62. The Kier molecular flexibility index (Phi) is 3.43. The summed E-state index contributed by atoms with van der Waals surface area (Å²) >= 11 is 0. The van der Waals surface area contributed by atoms with E-state index in [1.54, 1.807) is 24.5 Å². The molecule has 0 unspecified atom stereocenters. The Balaban J connectivity index is 1.44. The van der Waals surface area contributed by atoms with Gasteiger partial charge in [0, 0.05) is 41.6 Å². The van der Waals surface area contributed by atoms with Gasteiger partial charge in [-0.05, 0) is 25.0 Å². The average Bonchev–Trinajstić information content (AvgIpc) is 3.24. The number of rotatable bonds is 4. The molecule has 2 N–H and O–H groups in total. The first-order valence-corrected chi connectivity index (χ1v) is 8.64. The van der Waals surface area contributed by atoms with E-state index in [0.29, 0.717) is 16.7 Å². The number of anilines is 1. The summed E-state index contributed by atoms with van der Waals surface area (Å²) in [5.74, 6) is -0.342. The Bertz CT molecular complexity index is 1190. The molecule has 28 heavy (non-hydrogen) atoms. The molecule has 1 saturated carbocycles. The number of fused-ring (bicyclic) bond motifs is 2. The van der Waals surface area contributed by atoms with Gasteiger partial charge in [-0.15, -0.1) is 0 Å². The van der Waals surface area contributed by atoms with Gasteiger partial charge in [-0.2, -0.15) is 22.5 Å². The van der Waals surface area contributed by atoms with Crippen LogP contribution in [-0.4, -0.2) is 37.1 Å². The normalized spacial score (nSPS) is 16.0. The summed E-state index contributed by atoms with van der Waals surface area (Å²) in [4.78, 5) is 15.3. The van der Waals surface area contributed by atoms with E-state index in [1.165, 1.54) is 10.6 Å². The first-order chi connectivity index (χ1) is 13.4. The maximum atomic E-state index is 13.8. The summed E-state index contributed by atoms with van der Waals surface area (Å²) in [6, 6.07) is 3.50. The molecule has 0 radical (unpaired) electrons. The molecule has 144 valence electrons. The molecule has 1 aliphatic rings. The molecule has 0 aromatic carbocycles. The second-order valence-electron chi connectivity index (χ2n) is 7.02. The van der Waals surface area contributed by atoms with Crippen molar-refractivity contribution in [2.75, 3.05) is 11.9 Å². The average molecular weight is 390 g/mol. The van der Waals surface area contributed by atoms with Gasteiger partial charge < -0.3 is 10.3 Å². The number of alkyl halides is 3. The van der Waals surface area contributed by atoms with Crippen molar-refractivity contribution < 1.29 is 17.6 Å². The largest absolute Gasteiger partial charge is 0.396 e. The van der Waals surface area contributed by atoms with E-state index < -0.39 is 17.5 Å². The minimum atomic E-state index is -4.23. The Morgan fingerprint density at radius 3 is 2.75 bits per heavy atom. The smallest absolute Gasteiger partial charge is 0.353 e. The van der Waals surface area contributed by atoms with Gasteiger partial charge in [-0.25, -0.2) is 9.97 Å². The highest BCUT2D eigenvalue weighted by Crippen LogP contribution is 2.57. The van der Waals surface area contributed by atoms with E-state index in [4.69, 9.17) is 0 Å². The number of pyridine rings is 1. The van der Waals surface area contributed by atoms with E-state index in [1.807, 2.05) is 0 Å². The van der Waals surface area contributed by atoms with E-state index >= 15 is 0 Å². The second kappa shape index (κ2) is 5.66. The Morgan fingerprint density at radius 2 is 2.00 bits per heavy atom. The molecule has 4 heterocycles. The summed E-state index contributed by atoms with van der Waals surface area (Å²) in [6.07, 6.45) is 2.01. The lowest BCUT2D eigenvalue weighted by atomic mass is 10.1. The molecule has 4 aromatic heterocycles. The topological polar surface area (TPSA) is 70.9 Å². The van der Waals surface area contributed by atoms with Crippen LogP contribution in [0, 0.1) is 11.4 Å². The molecule has 5 rings (SSSR count). The molecule has 0 atom stereocenters. The third-order valence-electron chi connectivity index (χ3n) is 5.24. The second-order valence-corrected chi connectivity index (χ2v) is 7.02. The monoisotopic (exact) mass is 390 g/mol. The van der Waals surface area contributed by atoms with Crippen LogP contribution in [0.25, 0.3) is 27.8 Å². The lowest BCUT2D eigenvalue weighted by Gasteiger charge is -2.19. The van der Waals surface area contributed by atoms with E-state index in [9.17, 15) is 17.6 Å². The maximum Gasteiger partial charge on any atom is 0.396 e. The van der Waals surface area contributed by atoms with Crippen LogP contribution in [0.15, 0.2) is 36.9 Å². The van der Waals surface area contributed by atoms with Crippen LogP contribution in [0.4, 0.5) is 23.5 Å². The van der Waals surface area contributed by atoms with Crippen LogP contribution in [-0.2, 0) is 0 Å². The number of imidazole rings is 1. The molecule has 10 heteroatoms. The minimum Gasteiger partial charge on any atom is -0.353 e. The summed E-state index contributed by atoms with van der Waals surface area (Å²) in [5.41, 5.74) is 0.786. The SMILES string of the molecule is Fc1cnc2ccc(-c3c[nH]c4nc(NCC5(C(F)(F)F)CC5)ncc34)cn12. The highest BCUT2D eigenvalue weighted by atomic mass is 19.4. The Morgan fingerprint density at radius 1 is 1.18 bits per heavy atom. The zero-order valence-corrected chi connectivity index (χ0v) is 14.4. The van der Waals surface area contributed by atoms with Gasteiger partial charge in [0.25, 0.3) is 0 Å². The fraction of sp³-hybridized carbons (Fsp3) is 0.278. The molecule has 0 spiro atoms. The molecule has 0 amide bonds. The van der Waals surface area contributed by atoms with E-state index in [2.05, 4.69) is 25.3 Å². The van der Waals surface area contributed by atoms with Crippen molar-refractivity contribution in [3.8, 4) is 11.1 Å². The van der Waals surface area contributed by atoms with Crippen molar-refractivity contribution in [3.05, 3.63) is 42.9 Å². The fourth-order valence-electron chi connectivity index (χ4n) is 3.30. The first-order valence-electron chi connectivity index (χ1n) is 8.64. The van der Waals surface area contributed by atoms with E-state index in [-0.39, 0.29) is 25.3 Å². The lowest BCUT2D eigenvalue weighted by Crippen LogP contribution is -2.31. The number of hydrogen-bond donors (Lipinski definition) is 2. The van der Waals surface area contributed by atoms with Gasteiger partial charge in [0.1, 0.15) is 11.3 Å². The summed E-state index contributed by atoms with van der Waals surface area (Å²) in [5, 5.41) is 3.38. The van der Waals surface area contributed by atoms with Crippen molar-refractivity contribution in [2.24, 2.45) is 5.41 Å². The van der Waals surface area contributed by atoms with Crippen molar-refractivity contribution >= 4 is 22.6 Å². The third kappa shape index (κ3) is 2.59. The molecule has 0 aliphatic heterocycles. The van der Waals surface area contributed by atoms with Gasteiger partial charge in [-0.3, -0.25) is 4.40 Å². The Hall–Kier alpha value is -3.17. The molecule has 0 bridgehead atoms. The number of aromatic amines is 1. The molecule has 6 nitrogen and oxygen atoms in total. The molecule has 1 fully saturated rings. The molecular formula is C18H14F4N6. The van der Waals surface area contributed by atoms with Gasteiger partial charge >= 0.3 is 6.18 Å². The number of hydrogen-bond acceptors (Lipinski definition) is 4. The van der Waals surface area contributed by atoms with Crippen molar-refractivity contribution in [2.45, 2.75) is 19.0 Å². The molecule has 1 aliphatic carbocycles. The Labute approximate surface area is 155 Å².